The fourth-order valence-corrected chi connectivity index (χ4v) is 3.17. The number of nitrogens with zero attached hydrogens (tertiary/aromatic N) is 3. The van der Waals surface area contributed by atoms with Crippen LogP contribution in [0.25, 0.3) is 0 Å². The van der Waals surface area contributed by atoms with Crippen LogP contribution in [0.2, 0.25) is 0 Å². The van der Waals surface area contributed by atoms with Crippen molar-refractivity contribution >= 4 is 24.0 Å². The molecule has 33 heavy (non-hydrogen) atoms. The molecule has 9 heteroatoms. The maximum Gasteiger partial charge on any atom is 0.324 e. The summed E-state index contributed by atoms with van der Waals surface area (Å²) in [5.74, 6) is -0.362. The SMILES string of the molecule is CC.CC(=O)N1CCN(C(=O)N(Cc2ccc(C)cc2)c2cccc(F)c2)CC1.O=CNO. The van der Waals surface area contributed by atoms with Crippen LogP contribution in [0.1, 0.15) is 31.9 Å². The summed E-state index contributed by atoms with van der Waals surface area (Å²) >= 11 is 0. The highest BCUT2D eigenvalue weighted by atomic mass is 19.1. The number of halogens is 1. The molecule has 0 radical (unpaired) electrons. The smallest absolute Gasteiger partial charge is 0.324 e. The molecule has 0 aliphatic carbocycles. The molecule has 180 valence electrons. The Hall–Kier alpha value is -3.46. The van der Waals surface area contributed by atoms with Crippen molar-refractivity contribution in [3.8, 4) is 0 Å². The van der Waals surface area contributed by atoms with Crippen LogP contribution in [0.4, 0.5) is 14.9 Å². The van der Waals surface area contributed by atoms with Crippen LogP contribution in [0.3, 0.4) is 0 Å². The maximum absolute atomic E-state index is 13.8. The molecule has 0 bridgehead atoms. The number of hydrogen-bond acceptors (Lipinski definition) is 4. The molecular formula is C24H33FN4O4. The highest BCUT2D eigenvalue weighted by Crippen LogP contribution is 2.21. The zero-order valence-electron chi connectivity index (χ0n) is 19.6. The van der Waals surface area contributed by atoms with Crippen molar-refractivity contribution in [2.45, 2.75) is 34.2 Å². The summed E-state index contributed by atoms with van der Waals surface area (Å²) in [6, 6.07) is 13.8. The van der Waals surface area contributed by atoms with E-state index in [9.17, 15) is 14.0 Å². The second kappa shape index (κ2) is 14.6. The van der Waals surface area contributed by atoms with Crippen molar-refractivity contribution in [1.82, 2.24) is 15.3 Å². The molecular weight excluding hydrogens is 427 g/mol. The number of hydroxylamine groups is 1. The first-order valence-corrected chi connectivity index (χ1v) is 10.8. The van der Waals surface area contributed by atoms with Gasteiger partial charge in [-0.3, -0.25) is 19.7 Å². The molecule has 0 saturated carbocycles. The van der Waals surface area contributed by atoms with Gasteiger partial charge in [0, 0.05) is 38.8 Å². The molecule has 4 amide bonds. The van der Waals surface area contributed by atoms with Crippen LogP contribution in [-0.2, 0) is 16.1 Å². The number of nitrogens with one attached hydrogen (secondary N) is 1. The van der Waals surface area contributed by atoms with E-state index >= 15 is 0 Å². The van der Waals surface area contributed by atoms with Gasteiger partial charge < -0.3 is 9.80 Å². The van der Waals surface area contributed by atoms with Crippen molar-refractivity contribution in [1.29, 1.82) is 0 Å². The first kappa shape index (κ1) is 27.6. The number of carbonyl (C=O) groups is 3. The average Bonchev–Trinajstić information content (AvgIpc) is 2.84. The third kappa shape index (κ3) is 8.89. The van der Waals surface area contributed by atoms with Gasteiger partial charge in [0.1, 0.15) is 5.82 Å². The van der Waals surface area contributed by atoms with Crippen LogP contribution in [0.5, 0.6) is 0 Å². The Morgan fingerprint density at radius 2 is 1.61 bits per heavy atom. The molecule has 0 spiro atoms. The lowest BCUT2D eigenvalue weighted by molar-refractivity contribution is -0.130. The fraction of sp³-hybridized carbons (Fsp3) is 0.375. The van der Waals surface area contributed by atoms with Crippen molar-refractivity contribution in [2.24, 2.45) is 0 Å². The van der Waals surface area contributed by atoms with Gasteiger partial charge in [-0.1, -0.05) is 49.7 Å². The number of piperazine rings is 1. The van der Waals surface area contributed by atoms with E-state index in [0.717, 1.165) is 11.1 Å². The lowest BCUT2D eigenvalue weighted by atomic mass is 10.1. The number of rotatable bonds is 4. The standard InChI is InChI=1S/C21H24FN3O2.C2H6.CH3NO2/c1-16-6-8-18(9-7-16)15-25(20-5-3-4-19(22)14-20)21(27)24-12-10-23(11-13-24)17(2)26;1-2;3-1-2-4/h3-9,14H,10-13,15H2,1-2H3;1-2H3;1,4H,(H,2,3). The largest absolute Gasteiger partial charge is 0.339 e. The number of urea groups is 1. The van der Waals surface area contributed by atoms with Gasteiger partial charge in [-0.15, -0.1) is 0 Å². The highest BCUT2D eigenvalue weighted by molar-refractivity contribution is 5.92. The molecule has 0 atom stereocenters. The predicted molar refractivity (Wildman–Crippen MR) is 125 cm³/mol. The quantitative estimate of drug-likeness (QED) is 0.414. The number of aryl methyl sites for hydroxylation is 1. The third-order valence-corrected chi connectivity index (χ3v) is 4.86. The summed E-state index contributed by atoms with van der Waals surface area (Å²) in [6.07, 6.45) is 0.181. The lowest BCUT2D eigenvalue weighted by Gasteiger charge is -2.37. The van der Waals surface area contributed by atoms with E-state index in [-0.39, 0.29) is 24.2 Å². The highest BCUT2D eigenvalue weighted by Gasteiger charge is 2.27. The van der Waals surface area contributed by atoms with Gasteiger partial charge in [-0.05, 0) is 30.7 Å². The molecule has 2 aromatic rings. The number of benzene rings is 2. The van der Waals surface area contributed by atoms with E-state index < -0.39 is 0 Å². The topological polar surface area (TPSA) is 93.2 Å². The second-order valence-corrected chi connectivity index (χ2v) is 7.07. The number of anilines is 1. The van der Waals surface area contributed by atoms with Crippen LogP contribution < -0.4 is 10.4 Å². The normalized spacial score (nSPS) is 12.4. The van der Waals surface area contributed by atoms with Crippen LogP contribution in [-0.4, -0.2) is 59.5 Å². The van der Waals surface area contributed by atoms with Crippen molar-refractivity contribution < 1.29 is 24.0 Å². The van der Waals surface area contributed by atoms with E-state index in [1.807, 2.05) is 45.0 Å². The fourth-order valence-electron chi connectivity index (χ4n) is 3.17. The molecule has 1 aliphatic heterocycles. The predicted octanol–water partition coefficient (Wildman–Crippen LogP) is 3.57. The Bertz CT molecular complexity index is 884. The van der Waals surface area contributed by atoms with Gasteiger partial charge >= 0.3 is 6.03 Å². The van der Waals surface area contributed by atoms with Crippen molar-refractivity contribution in [3.05, 3.63) is 65.5 Å². The Labute approximate surface area is 194 Å². The van der Waals surface area contributed by atoms with E-state index in [1.165, 1.54) is 24.5 Å². The van der Waals surface area contributed by atoms with Gasteiger partial charge in [-0.2, -0.15) is 0 Å². The molecule has 1 saturated heterocycles. The molecule has 2 aromatic carbocycles. The van der Waals surface area contributed by atoms with E-state index in [1.54, 1.807) is 26.8 Å². The summed E-state index contributed by atoms with van der Waals surface area (Å²) in [5.41, 5.74) is 3.89. The maximum atomic E-state index is 13.8. The van der Waals surface area contributed by atoms with E-state index in [4.69, 9.17) is 10.0 Å². The minimum atomic E-state index is -0.379. The Morgan fingerprint density at radius 1 is 1.06 bits per heavy atom. The van der Waals surface area contributed by atoms with Gasteiger partial charge in [0.05, 0.1) is 6.54 Å². The summed E-state index contributed by atoms with van der Waals surface area (Å²) in [4.78, 5) is 38.6. The van der Waals surface area contributed by atoms with Gasteiger partial charge in [0.15, 0.2) is 0 Å². The third-order valence-electron chi connectivity index (χ3n) is 4.86. The summed E-state index contributed by atoms with van der Waals surface area (Å²) in [5, 5.41) is 7.26. The first-order chi connectivity index (χ1) is 15.8. The van der Waals surface area contributed by atoms with E-state index in [2.05, 4.69) is 0 Å². The minimum absolute atomic E-state index is 0.0174. The molecule has 0 aromatic heterocycles. The number of amides is 4. The minimum Gasteiger partial charge on any atom is -0.339 e. The van der Waals surface area contributed by atoms with Crippen LogP contribution in [0.15, 0.2) is 48.5 Å². The summed E-state index contributed by atoms with van der Waals surface area (Å²) in [7, 11) is 0. The van der Waals surface area contributed by atoms with Crippen LogP contribution >= 0.6 is 0 Å². The van der Waals surface area contributed by atoms with Gasteiger partial charge in [0.25, 0.3) is 0 Å². The van der Waals surface area contributed by atoms with Crippen LogP contribution in [0, 0.1) is 12.7 Å². The average molecular weight is 461 g/mol. The first-order valence-electron chi connectivity index (χ1n) is 10.8. The van der Waals surface area contributed by atoms with Gasteiger partial charge in [-0.25, -0.2) is 14.7 Å². The van der Waals surface area contributed by atoms with Crippen molar-refractivity contribution in [3.63, 3.8) is 0 Å². The monoisotopic (exact) mass is 460 g/mol. The number of carbonyl (C=O) groups excluding carboxylic acids is 3. The zero-order chi connectivity index (χ0) is 24.8. The molecule has 8 nitrogen and oxygen atoms in total. The van der Waals surface area contributed by atoms with Crippen molar-refractivity contribution in [2.75, 3.05) is 31.1 Å². The molecule has 2 N–H and O–H groups in total. The van der Waals surface area contributed by atoms with E-state index in [0.29, 0.717) is 38.4 Å². The van der Waals surface area contributed by atoms with Gasteiger partial charge in [0.2, 0.25) is 12.3 Å². The molecule has 1 heterocycles. The molecule has 1 fully saturated rings. The molecule has 0 unspecified atom stereocenters. The Kier molecular flexibility index (Phi) is 12.2. The summed E-state index contributed by atoms with van der Waals surface area (Å²) in [6.45, 7) is 9.87. The number of hydrogen-bond donors (Lipinski definition) is 2. The Morgan fingerprint density at radius 3 is 2.09 bits per heavy atom. The lowest BCUT2D eigenvalue weighted by Crippen LogP contribution is -2.53. The second-order valence-electron chi connectivity index (χ2n) is 7.07. The Balaban J connectivity index is 0.000000820. The molecule has 1 aliphatic rings. The zero-order valence-corrected chi connectivity index (χ0v) is 19.6. The molecule has 3 rings (SSSR count). The summed E-state index contributed by atoms with van der Waals surface area (Å²) < 4.78 is 13.8.